The molecule has 0 aliphatic rings. The summed E-state index contributed by atoms with van der Waals surface area (Å²) < 4.78 is 9.79. The van der Waals surface area contributed by atoms with Crippen LogP contribution >= 0.6 is 0 Å². The number of oxazole rings is 1. The Bertz CT molecular complexity index is 311. The van der Waals surface area contributed by atoms with E-state index in [9.17, 15) is 4.79 Å². The van der Waals surface area contributed by atoms with Crippen LogP contribution in [0.1, 0.15) is 17.4 Å². The molecular weight excluding hydrogens is 198 g/mol. The number of anilines is 1. The Kier molecular flexibility index (Phi) is 4.62. The molecular formula is C9H15N3O3. The zero-order chi connectivity index (χ0) is 11.1. The summed E-state index contributed by atoms with van der Waals surface area (Å²) in [6.07, 6.45) is 1.28. The molecule has 0 spiro atoms. The number of carbonyl (C=O) groups is 1. The fourth-order valence-electron chi connectivity index (χ4n) is 0.948. The zero-order valence-electron chi connectivity index (χ0n) is 8.87. The van der Waals surface area contributed by atoms with Crippen LogP contribution in [0.2, 0.25) is 0 Å². The molecule has 84 valence electrons. The van der Waals surface area contributed by atoms with Gasteiger partial charge in [0.1, 0.15) is 6.26 Å². The normalized spacial score (nSPS) is 10.0. The van der Waals surface area contributed by atoms with Gasteiger partial charge in [0.15, 0.2) is 5.69 Å². The van der Waals surface area contributed by atoms with Crippen molar-refractivity contribution in [2.24, 2.45) is 0 Å². The molecule has 0 aromatic carbocycles. The average Bonchev–Trinajstić information content (AvgIpc) is 2.67. The molecule has 6 heteroatoms. The predicted molar refractivity (Wildman–Crippen MR) is 54.9 cm³/mol. The quantitative estimate of drug-likeness (QED) is 0.529. The summed E-state index contributed by atoms with van der Waals surface area (Å²) in [5.41, 5.74) is 0.184. The zero-order valence-corrected chi connectivity index (χ0v) is 8.87. The van der Waals surface area contributed by atoms with E-state index in [2.05, 4.69) is 15.6 Å². The van der Waals surface area contributed by atoms with Crippen molar-refractivity contribution in [1.29, 1.82) is 0 Å². The second-order valence-electron chi connectivity index (χ2n) is 2.79. The van der Waals surface area contributed by atoms with Crippen LogP contribution in [0, 0.1) is 0 Å². The van der Waals surface area contributed by atoms with Gasteiger partial charge in [-0.15, -0.1) is 0 Å². The maximum absolute atomic E-state index is 11.2. The van der Waals surface area contributed by atoms with Gasteiger partial charge in [0.25, 0.3) is 6.01 Å². The summed E-state index contributed by atoms with van der Waals surface area (Å²) in [5, 5.41) is 5.88. The summed E-state index contributed by atoms with van der Waals surface area (Å²) in [4.78, 5) is 15.1. The highest BCUT2D eigenvalue weighted by Gasteiger charge is 2.12. The van der Waals surface area contributed by atoms with E-state index in [4.69, 9.17) is 9.15 Å². The van der Waals surface area contributed by atoms with Gasteiger partial charge in [-0.05, 0) is 14.0 Å². The predicted octanol–water partition coefficient (Wildman–Crippen LogP) is 0.483. The van der Waals surface area contributed by atoms with Gasteiger partial charge in [0, 0.05) is 13.1 Å². The van der Waals surface area contributed by atoms with Crippen LogP contribution in [-0.2, 0) is 4.74 Å². The first-order valence-electron chi connectivity index (χ1n) is 4.79. The van der Waals surface area contributed by atoms with E-state index in [1.807, 2.05) is 7.05 Å². The van der Waals surface area contributed by atoms with Gasteiger partial charge in [-0.1, -0.05) is 0 Å². The summed E-state index contributed by atoms with van der Waals surface area (Å²) in [7, 11) is 1.85. The minimum atomic E-state index is -0.470. The third-order valence-electron chi connectivity index (χ3n) is 1.64. The van der Waals surface area contributed by atoms with Gasteiger partial charge in [-0.3, -0.25) is 0 Å². The molecule has 0 fully saturated rings. The Morgan fingerprint density at radius 2 is 2.40 bits per heavy atom. The molecule has 0 aliphatic carbocycles. The van der Waals surface area contributed by atoms with Crippen molar-refractivity contribution >= 4 is 12.0 Å². The van der Waals surface area contributed by atoms with Crippen molar-refractivity contribution in [1.82, 2.24) is 10.3 Å². The molecule has 1 aromatic heterocycles. The van der Waals surface area contributed by atoms with Crippen LogP contribution in [0.25, 0.3) is 0 Å². The van der Waals surface area contributed by atoms with E-state index in [0.717, 1.165) is 6.54 Å². The number of nitrogens with one attached hydrogen (secondary N) is 2. The van der Waals surface area contributed by atoms with Crippen LogP contribution in [-0.4, -0.2) is 37.7 Å². The van der Waals surface area contributed by atoms with E-state index >= 15 is 0 Å². The number of ether oxygens (including phenoxy) is 1. The molecule has 15 heavy (non-hydrogen) atoms. The highest BCUT2D eigenvalue weighted by Crippen LogP contribution is 2.07. The van der Waals surface area contributed by atoms with Crippen molar-refractivity contribution in [2.75, 3.05) is 32.1 Å². The lowest BCUT2D eigenvalue weighted by Gasteiger charge is -1.99. The van der Waals surface area contributed by atoms with Crippen molar-refractivity contribution < 1.29 is 13.9 Å². The fraction of sp³-hybridized carbons (Fsp3) is 0.556. The molecule has 0 radical (unpaired) electrons. The number of hydrogen-bond donors (Lipinski definition) is 2. The number of nitrogens with zero attached hydrogens (tertiary/aromatic N) is 1. The molecule has 0 aliphatic heterocycles. The van der Waals surface area contributed by atoms with Crippen LogP contribution in [0.15, 0.2) is 10.7 Å². The van der Waals surface area contributed by atoms with E-state index in [1.54, 1.807) is 6.92 Å². The molecule has 0 saturated heterocycles. The third kappa shape index (κ3) is 3.59. The average molecular weight is 213 g/mol. The first-order valence-corrected chi connectivity index (χ1v) is 4.79. The lowest BCUT2D eigenvalue weighted by Crippen LogP contribution is -2.17. The minimum absolute atomic E-state index is 0.184. The molecule has 0 amide bonds. The molecule has 1 rings (SSSR count). The Hall–Kier alpha value is -1.56. The molecule has 1 aromatic rings. The largest absolute Gasteiger partial charge is 0.461 e. The van der Waals surface area contributed by atoms with E-state index in [0.29, 0.717) is 19.2 Å². The fourth-order valence-corrected chi connectivity index (χ4v) is 0.948. The first kappa shape index (κ1) is 11.5. The number of esters is 1. The van der Waals surface area contributed by atoms with Gasteiger partial charge >= 0.3 is 5.97 Å². The highest BCUT2D eigenvalue weighted by molar-refractivity contribution is 5.87. The van der Waals surface area contributed by atoms with Crippen molar-refractivity contribution in [3.8, 4) is 0 Å². The maximum atomic E-state index is 11.2. The standard InChI is InChI=1S/C9H15N3O3/c1-3-14-8(13)7-6-15-9(12-7)11-5-4-10-2/h6,10H,3-5H2,1-2H3,(H,11,12). The van der Waals surface area contributed by atoms with Gasteiger partial charge in [0.05, 0.1) is 6.61 Å². The van der Waals surface area contributed by atoms with Gasteiger partial charge in [0.2, 0.25) is 0 Å². The smallest absolute Gasteiger partial charge is 0.360 e. The van der Waals surface area contributed by atoms with Gasteiger partial charge < -0.3 is 19.8 Å². The Morgan fingerprint density at radius 3 is 3.07 bits per heavy atom. The molecule has 0 atom stereocenters. The van der Waals surface area contributed by atoms with Crippen LogP contribution in [0.4, 0.5) is 6.01 Å². The second-order valence-corrected chi connectivity index (χ2v) is 2.79. The summed E-state index contributed by atoms with van der Waals surface area (Å²) in [6, 6.07) is 0.327. The summed E-state index contributed by atoms with van der Waals surface area (Å²) in [5.74, 6) is -0.470. The molecule has 0 unspecified atom stereocenters. The Labute approximate surface area is 88.0 Å². The topological polar surface area (TPSA) is 76.4 Å². The van der Waals surface area contributed by atoms with Gasteiger partial charge in [-0.2, -0.15) is 4.98 Å². The van der Waals surface area contributed by atoms with Gasteiger partial charge in [-0.25, -0.2) is 4.79 Å². The minimum Gasteiger partial charge on any atom is -0.461 e. The van der Waals surface area contributed by atoms with Crippen LogP contribution in [0.3, 0.4) is 0 Å². The SMILES string of the molecule is CCOC(=O)c1coc(NCCNC)n1. The molecule has 0 saturated carbocycles. The van der Waals surface area contributed by atoms with E-state index in [-0.39, 0.29) is 5.69 Å². The molecule has 1 heterocycles. The number of likely N-dealkylation sites (N-methyl/N-ethyl adjacent to an activating group) is 1. The second kappa shape index (κ2) is 6.02. The van der Waals surface area contributed by atoms with Crippen LogP contribution in [0.5, 0.6) is 0 Å². The number of aromatic nitrogens is 1. The molecule has 0 bridgehead atoms. The lowest BCUT2D eigenvalue weighted by molar-refractivity contribution is 0.0519. The third-order valence-corrected chi connectivity index (χ3v) is 1.64. The Balaban J connectivity index is 2.45. The lowest BCUT2D eigenvalue weighted by atomic mass is 10.5. The number of rotatable bonds is 6. The van der Waals surface area contributed by atoms with Crippen molar-refractivity contribution in [2.45, 2.75) is 6.92 Å². The number of carbonyl (C=O) groups excluding carboxylic acids is 1. The summed E-state index contributed by atoms with van der Waals surface area (Å²) >= 11 is 0. The maximum Gasteiger partial charge on any atom is 0.360 e. The summed E-state index contributed by atoms with van der Waals surface area (Å²) in [6.45, 7) is 3.54. The van der Waals surface area contributed by atoms with Crippen LogP contribution < -0.4 is 10.6 Å². The first-order chi connectivity index (χ1) is 7.27. The van der Waals surface area contributed by atoms with Crippen molar-refractivity contribution in [3.05, 3.63) is 12.0 Å². The number of hydrogen-bond acceptors (Lipinski definition) is 6. The van der Waals surface area contributed by atoms with E-state index in [1.165, 1.54) is 6.26 Å². The molecule has 2 N–H and O–H groups in total. The Morgan fingerprint density at radius 1 is 1.60 bits per heavy atom. The van der Waals surface area contributed by atoms with E-state index < -0.39 is 5.97 Å². The molecule has 6 nitrogen and oxygen atoms in total. The monoisotopic (exact) mass is 213 g/mol. The van der Waals surface area contributed by atoms with Crippen molar-refractivity contribution in [3.63, 3.8) is 0 Å². The highest BCUT2D eigenvalue weighted by atomic mass is 16.5.